The molecule has 0 aromatic heterocycles. The zero-order valence-electron chi connectivity index (χ0n) is 26.6. The highest BCUT2D eigenvalue weighted by Crippen LogP contribution is 3.46. The van der Waals surface area contributed by atoms with Gasteiger partial charge >= 0.3 is 0 Å². The molecule has 28 unspecified atom stereocenters. The minimum atomic E-state index is -0.409. The normalized spacial score (nSPS) is 16.1. The van der Waals surface area contributed by atoms with Crippen molar-refractivity contribution in [3.8, 4) is 0 Å². The Labute approximate surface area is 409 Å². The maximum Gasteiger partial charge on any atom is -0.0000169 e. The largest absolute Gasteiger partial charge is 0.553 e. The molecule has 0 radical (unpaired) electrons. The van der Waals surface area contributed by atoms with Crippen LogP contribution in [0.25, 0.3) is 0 Å². The highest BCUT2D eigenvalue weighted by atomic mass is 33.6. The predicted octanol–water partition coefficient (Wildman–Crippen LogP) is 30.9. The van der Waals surface area contributed by atoms with Gasteiger partial charge in [-0.25, -0.2) is 0 Å². The molecule has 0 fully saturated rings. The summed E-state index contributed by atoms with van der Waals surface area (Å²) in [5.41, 5.74) is 0. The number of hydrogen-bond acceptors (Lipinski definition) is 0. The molecule has 0 saturated carbocycles. The summed E-state index contributed by atoms with van der Waals surface area (Å²) in [6.07, 6.45) is 0. The molecule has 0 saturated heterocycles. The summed E-state index contributed by atoms with van der Waals surface area (Å²) >= 11 is 0. The molecule has 0 aliphatic heterocycles. The van der Waals surface area contributed by atoms with Crippen LogP contribution in [0.4, 0.5) is 0 Å². The molecule has 0 aromatic rings. The van der Waals surface area contributed by atoms with Gasteiger partial charge in [-0.15, -0.1) is 223 Å². The molecule has 314 valence electrons. The summed E-state index contributed by atoms with van der Waals surface area (Å²) in [5, 5.41) is 0. The molecule has 0 rings (SSSR count). The van der Waals surface area contributed by atoms with Gasteiger partial charge in [-0.05, 0) is 161 Å². The van der Waals surface area contributed by atoms with E-state index in [0.717, 1.165) is 0 Å². The van der Waals surface area contributed by atoms with Crippen molar-refractivity contribution in [3.63, 3.8) is 0 Å². The van der Waals surface area contributed by atoms with Gasteiger partial charge in [0.05, 0.1) is 0 Å². The van der Waals surface area contributed by atoms with E-state index in [-0.39, 0.29) is 168 Å². The lowest BCUT2D eigenvalue weighted by Crippen LogP contribution is -1.71. The standard InChI is InChI=1S/H52P52/c1-28(2)41(27)48(42(29(3)4)30(5)6)51(47(39(23)24)40(25)26)52(49(43(31(7)8)32(9)10)44(33(11)12)34(13)14)50(45(35(15)16)36(17)18)46(37(19)20)38(21)22/h1-2H,3-27H2/q-2. The first-order valence-electron chi connectivity index (χ1n) is 11.7. The molecule has 0 aromatic carbocycles. The average molecular weight is 1660 g/mol. The minimum Gasteiger partial charge on any atom is -0.553 e. The summed E-state index contributed by atoms with van der Waals surface area (Å²) < 4.78 is 0. The van der Waals surface area contributed by atoms with Gasteiger partial charge in [0.1, 0.15) is 0 Å². The monoisotopic (exact) mass is 1660 g/mol. The second kappa shape index (κ2) is 40.5. The molecule has 0 amide bonds. The zero-order chi connectivity index (χ0) is 41.4. The van der Waals surface area contributed by atoms with E-state index in [9.17, 15) is 0 Å². The molecule has 0 aliphatic rings. The highest BCUT2D eigenvalue weighted by Gasteiger charge is 2.58. The second-order valence-electron chi connectivity index (χ2n) is 8.14. The van der Waals surface area contributed by atoms with E-state index in [4.69, 9.17) is 0 Å². The first kappa shape index (κ1) is 74.4. The molecule has 0 N–H and O–H groups in total. The second-order valence-corrected chi connectivity index (χ2v) is 220. The fraction of sp³-hybridized carbons (Fsp3) is 0. The first-order chi connectivity index (χ1) is 23.6. The van der Waals surface area contributed by atoms with E-state index in [2.05, 4.69) is 241 Å². The molecule has 52 heteroatoms. The average Bonchev–Trinajstić information content (AvgIpc) is 2.92. The quantitative estimate of drug-likeness (QED) is 0.0845. The van der Waals surface area contributed by atoms with E-state index in [1.165, 1.54) is 0 Å². The van der Waals surface area contributed by atoms with Crippen LogP contribution >= 0.6 is 416 Å². The Balaban J connectivity index is 9.73. The van der Waals surface area contributed by atoms with Crippen LogP contribution in [0.3, 0.4) is 0 Å². The SMILES string of the molecule is [PH-]P([PH-])P(P)P(P(P(P)P)P(P)P)P(P(P(P)P)P(P)P)P(P(P(P(P)P)P(P)P)P(P(P)P)P(P)P)P(P(P(P)P)P(P)P)P(P(P)P)P(P)P. The van der Waals surface area contributed by atoms with Gasteiger partial charge < -0.3 is 24.8 Å². The third kappa shape index (κ3) is 26.3. The van der Waals surface area contributed by atoms with Crippen molar-refractivity contribution in [1.82, 2.24) is 0 Å². The van der Waals surface area contributed by atoms with E-state index < -0.39 is 6.99 Å². The first-order valence-corrected chi connectivity index (χ1v) is 105. The number of rotatable bonds is 24. The molecule has 0 nitrogen and oxygen atoms in total. The van der Waals surface area contributed by atoms with Crippen LogP contribution in [0.15, 0.2) is 0 Å². The van der Waals surface area contributed by atoms with Crippen LogP contribution in [0.1, 0.15) is 0 Å². The van der Waals surface area contributed by atoms with Crippen molar-refractivity contribution in [1.29, 1.82) is 0 Å². The molecule has 0 heterocycles. The van der Waals surface area contributed by atoms with E-state index >= 15 is 0 Å². The molecule has 0 bridgehead atoms. The van der Waals surface area contributed by atoms with Crippen LogP contribution in [0.5, 0.6) is 0 Å². The maximum atomic E-state index is 4.40. The minimum absolute atomic E-state index is 0.153. The van der Waals surface area contributed by atoms with E-state index in [0.29, 0.717) is 0 Å². The maximum absolute atomic E-state index is 4.40. The molecule has 0 aliphatic carbocycles. The van der Waals surface area contributed by atoms with Gasteiger partial charge in [0.2, 0.25) is 0 Å². The molecule has 0 spiro atoms. The smallest absolute Gasteiger partial charge is 0.0000169 e. The third-order valence-corrected chi connectivity index (χ3v) is 362. The third-order valence-electron chi connectivity index (χ3n) is 4.47. The van der Waals surface area contributed by atoms with Crippen LogP contribution in [0.2, 0.25) is 0 Å². The summed E-state index contributed by atoms with van der Waals surface area (Å²) in [4.78, 5) is 0. The van der Waals surface area contributed by atoms with Crippen molar-refractivity contribution in [2.75, 3.05) is 0 Å². The van der Waals surface area contributed by atoms with Crippen molar-refractivity contribution < 1.29 is 0 Å². The fourth-order valence-corrected chi connectivity index (χ4v) is 729. The van der Waals surface area contributed by atoms with Crippen molar-refractivity contribution >= 4 is 416 Å². The van der Waals surface area contributed by atoms with Gasteiger partial charge in [0.15, 0.2) is 0 Å². The van der Waals surface area contributed by atoms with Crippen LogP contribution in [-0.4, -0.2) is 0 Å². The van der Waals surface area contributed by atoms with Crippen LogP contribution in [-0.2, 0) is 0 Å². The van der Waals surface area contributed by atoms with Crippen molar-refractivity contribution in [2.45, 2.75) is 0 Å². The topological polar surface area (TPSA) is 0 Å². The molecule has 52 heavy (non-hydrogen) atoms. The van der Waals surface area contributed by atoms with Gasteiger partial charge in [-0.1, -0.05) is 6.99 Å². The summed E-state index contributed by atoms with van der Waals surface area (Å²) in [7, 11) is 96.0. The lowest BCUT2D eigenvalue weighted by molar-refractivity contribution is 4.35. The van der Waals surface area contributed by atoms with Crippen molar-refractivity contribution in [3.05, 3.63) is 0 Å². The van der Waals surface area contributed by atoms with Crippen LogP contribution in [0, 0.1) is 0 Å². The lowest BCUT2D eigenvalue weighted by atomic mass is 28.4. The van der Waals surface area contributed by atoms with Gasteiger partial charge in [-0.3, -0.25) is 0 Å². The Morgan fingerprint density at radius 1 is 0.173 bits per heavy atom. The Hall–Kier alpha value is 22.4. The van der Waals surface area contributed by atoms with Crippen molar-refractivity contribution in [2.24, 2.45) is 0 Å². The summed E-state index contributed by atoms with van der Waals surface area (Å²) in [6.45, 7) is -5.23. The molecule has 28 atom stereocenters. The Kier molecular flexibility index (Phi) is 57.9. The van der Waals surface area contributed by atoms with Gasteiger partial charge in [0.25, 0.3) is 0 Å². The molecular formula is H52P52-2. The van der Waals surface area contributed by atoms with E-state index in [1.807, 2.05) is 0 Å². The Bertz CT molecular complexity index is 776. The summed E-state index contributed by atoms with van der Waals surface area (Å²) in [6, 6.07) is 0. The molecular weight excluding hydrogens is 1610 g/mol. The summed E-state index contributed by atoms with van der Waals surface area (Å²) in [5.74, 6) is 0. The Morgan fingerprint density at radius 3 is 0.423 bits per heavy atom. The Morgan fingerprint density at radius 2 is 0.288 bits per heavy atom. The van der Waals surface area contributed by atoms with Gasteiger partial charge in [-0.2, -0.15) is 0 Å². The fourth-order valence-electron chi connectivity index (χ4n) is 3.00. The predicted molar refractivity (Wildman–Crippen MR) is 432 cm³/mol. The highest BCUT2D eigenvalue weighted by molar-refractivity contribution is 9.52. The lowest BCUT2D eigenvalue weighted by Gasteiger charge is -2.60. The van der Waals surface area contributed by atoms with Crippen LogP contribution < -0.4 is 0 Å². The zero-order valence-corrected chi connectivity index (χ0v) is 79.8. The van der Waals surface area contributed by atoms with Gasteiger partial charge in [0, 0.05) is 0 Å². The van der Waals surface area contributed by atoms with E-state index in [1.54, 1.807) is 0 Å². The number of hydrogen-bond donors (Lipinski definition) is 0.